The summed E-state index contributed by atoms with van der Waals surface area (Å²) in [6.07, 6.45) is 1.77. The van der Waals surface area contributed by atoms with Crippen molar-refractivity contribution in [3.8, 4) is 5.75 Å². The van der Waals surface area contributed by atoms with Gasteiger partial charge in [-0.25, -0.2) is 4.79 Å². The van der Waals surface area contributed by atoms with Gasteiger partial charge in [0.05, 0.1) is 38.2 Å². The van der Waals surface area contributed by atoms with Crippen molar-refractivity contribution in [2.75, 3.05) is 44.9 Å². The zero-order valence-electron chi connectivity index (χ0n) is 15.7. The van der Waals surface area contributed by atoms with Gasteiger partial charge in [0.2, 0.25) is 0 Å². The molecule has 142 valence electrons. The van der Waals surface area contributed by atoms with Crippen LogP contribution in [0.4, 0.5) is 11.4 Å². The van der Waals surface area contributed by atoms with Gasteiger partial charge in [-0.05, 0) is 43.3 Å². The molecular weight excluding hydrogens is 344 g/mol. The molecule has 1 aliphatic rings. The van der Waals surface area contributed by atoms with Crippen molar-refractivity contribution in [1.82, 2.24) is 0 Å². The number of aliphatic imine (C=N–C) groups is 1. The lowest BCUT2D eigenvalue weighted by molar-refractivity contribution is 0.0526. The van der Waals surface area contributed by atoms with E-state index in [1.165, 1.54) is 0 Å². The molecule has 0 saturated carbocycles. The normalized spacial score (nSPS) is 14.4. The average molecular weight is 368 g/mol. The number of carbonyl (C=O) groups excluding carboxylic acids is 1. The molecule has 6 nitrogen and oxygen atoms in total. The highest BCUT2D eigenvalue weighted by Crippen LogP contribution is 2.26. The molecule has 0 amide bonds. The Morgan fingerprint density at radius 1 is 1.19 bits per heavy atom. The molecule has 6 heteroatoms. The van der Waals surface area contributed by atoms with Crippen molar-refractivity contribution >= 4 is 23.6 Å². The van der Waals surface area contributed by atoms with Crippen LogP contribution < -0.4 is 9.64 Å². The summed E-state index contributed by atoms with van der Waals surface area (Å²) in [5.41, 5.74) is 3.28. The van der Waals surface area contributed by atoms with Gasteiger partial charge < -0.3 is 19.1 Å². The Hall–Kier alpha value is -2.86. The third-order valence-electron chi connectivity index (χ3n) is 4.32. The molecule has 0 aliphatic carbocycles. The van der Waals surface area contributed by atoms with Crippen LogP contribution in [0.2, 0.25) is 0 Å². The van der Waals surface area contributed by atoms with Crippen LogP contribution in [-0.2, 0) is 9.47 Å². The molecule has 27 heavy (non-hydrogen) atoms. The number of ether oxygens (including phenoxy) is 3. The van der Waals surface area contributed by atoms with Gasteiger partial charge in [0.15, 0.2) is 0 Å². The number of anilines is 1. The minimum absolute atomic E-state index is 0.326. The van der Waals surface area contributed by atoms with Crippen LogP contribution >= 0.6 is 0 Å². The first kappa shape index (κ1) is 18.9. The third-order valence-corrected chi connectivity index (χ3v) is 4.32. The summed E-state index contributed by atoms with van der Waals surface area (Å²) in [4.78, 5) is 18.5. The first-order valence-electron chi connectivity index (χ1n) is 9.03. The third kappa shape index (κ3) is 4.86. The van der Waals surface area contributed by atoms with Crippen molar-refractivity contribution in [1.29, 1.82) is 0 Å². The molecule has 0 spiro atoms. The van der Waals surface area contributed by atoms with Crippen molar-refractivity contribution in [3.05, 3.63) is 53.6 Å². The fourth-order valence-electron chi connectivity index (χ4n) is 2.87. The molecule has 0 aromatic heterocycles. The van der Waals surface area contributed by atoms with E-state index >= 15 is 0 Å². The van der Waals surface area contributed by atoms with E-state index in [9.17, 15) is 4.79 Å². The number of esters is 1. The van der Waals surface area contributed by atoms with Crippen LogP contribution in [0.15, 0.2) is 47.5 Å². The van der Waals surface area contributed by atoms with Crippen molar-refractivity contribution in [2.24, 2.45) is 4.99 Å². The number of hydrogen-bond donors (Lipinski definition) is 0. The van der Waals surface area contributed by atoms with Crippen LogP contribution in [0.25, 0.3) is 0 Å². The van der Waals surface area contributed by atoms with Crippen LogP contribution in [0, 0.1) is 0 Å². The second-order valence-electron chi connectivity index (χ2n) is 6.05. The molecule has 1 aliphatic heterocycles. The van der Waals surface area contributed by atoms with Gasteiger partial charge >= 0.3 is 5.97 Å². The van der Waals surface area contributed by atoms with Crippen molar-refractivity contribution in [2.45, 2.75) is 6.92 Å². The quantitative estimate of drug-likeness (QED) is 0.577. The number of nitrogens with zero attached hydrogens (tertiary/aromatic N) is 2. The molecule has 0 atom stereocenters. The lowest BCUT2D eigenvalue weighted by Crippen LogP contribution is -2.36. The zero-order valence-corrected chi connectivity index (χ0v) is 15.7. The predicted octanol–water partition coefficient (Wildman–Crippen LogP) is 3.46. The van der Waals surface area contributed by atoms with Crippen molar-refractivity contribution < 1.29 is 19.0 Å². The number of methoxy groups -OCH3 is 1. The summed E-state index contributed by atoms with van der Waals surface area (Å²) < 4.78 is 15.9. The molecule has 1 saturated heterocycles. The first-order valence-corrected chi connectivity index (χ1v) is 9.03. The number of benzene rings is 2. The fraction of sp³-hybridized carbons (Fsp3) is 0.333. The van der Waals surface area contributed by atoms with E-state index in [1.54, 1.807) is 44.5 Å². The standard InChI is InChI=1S/C21H24N2O4/c1-3-27-21(24)16-4-7-18(8-5-16)22-15-17-6-9-19(14-20(17)25-2)23-10-12-26-13-11-23/h4-9,14-15H,3,10-13H2,1-2H3. The van der Waals surface area contributed by atoms with Gasteiger partial charge in [-0.2, -0.15) is 0 Å². The van der Waals surface area contributed by atoms with Gasteiger partial charge in [-0.15, -0.1) is 0 Å². The molecule has 0 radical (unpaired) electrons. The molecular formula is C21H24N2O4. The van der Waals surface area contributed by atoms with E-state index in [1.807, 2.05) is 12.1 Å². The second-order valence-corrected chi connectivity index (χ2v) is 6.05. The van der Waals surface area contributed by atoms with Crippen LogP contribution in [0.1, 0.15) is 22.8 Å². The topological polar surface area (TPSA) is 60.4 Å². The van der Waals surface area contributed by atoms with Gasteiger partial charge in [0, 0.05) is 36.6 Å². The highest BCUT2D eigenvalue weighted by atomic mass is 16.5. The molecule has 0 bridgehead atoms. The lowest BCUT2D eigenvalue weighted by Gasteiger charge is -2.29. The molecule has 2 aromatic rings. The number of rotatable bonds is 6. The summed E-state index contributed by atoms with van der Waals surface area (Å²) in [6, 6.07) is 13.1. The van der Waals surface area contributed by atoms with E-state index in [2.05, 4.69) is 16.0 Å². The molecule has 3 rings (SSSR count). The average Bonchev–Trinajstić information content (AvgIpc) is 2.73. The molecule has 2 aromatic carbocycles. The van der Waals surface area contributed by atoms with Crippen LogP contribution in [-0.4, -0.2) is 52.2 Å². The highest BCUT2D eigenvalue weighted by molar-refractivity contribution is 5.90. The lowest BCUT2D eigenvalue weighted by atomic mass is 10.1. The van der Waals surface area contributed by atoms with Crippen LogP contribution in [0.3, 0.4) is 0 Å². The number of hydrogen-bond acceptors (Lipinski definition) is 6. The fourth-order valence-corrected chi connectivity index (χ4v) is 2.87. The summed E-state index contributed by atoms with van der Waals surface area (Å²) in [5, 5.41) is 0. The Labute approximate surface area is 159 Å². The number of morpholine rings is 1. The number of carbonyl (C=O) groups is 1. The molecule has 1 fully saturated rings. The summed E-state index contributed by atoms with van der Waals surface area (Å²) in [5.74, 6) is 0.444. The predicted molar refractivity (Wildman–Crippen MR) is 106 cm³/mol. The van der Waals surface area contributed by atoms with Gasteiger partial charge in [-0.3, -0.25) is 4.99 Å². The Kier molecular flexibility index (Phi) is 6.44. The first-order chi connectivity index (χ1) is 13.2. The maximum absolute atomic E-state index is 11.7. The Bertz CT molecular complexity index is 796. The smallest absolute Gasteiger partial charge is 0.338 e. The Morgan fingerprint density at radius 3 is 2.59 bits per heavy atom. The summed E-state index contributed by atoms with van der Waals surface area (Å²) in [6.45, 7) is 5.39. The second kappa shape index (κ2) is 9.19. The minimum atomic E-state index is -0.326. The van der Waals surface area contributed by atoms with Crippen LogP contribution in [0.5, 0.6) is 5.75 Å². The summed E-state index contributed by atoms with van der Waals surface area (Å²) >= 11 is 0. The molecule has 1 heterocycles. The molecule has 0 N–H and O–H groups in total. The van der Waals surface area contributed by atoms with Gasteiger partial charge in [0.25, 0.3) is 0 Å². The Balaban J connectivity index is 1.73. The molecule has 0 unspecified atom stereocenters. The van der Waals surface area contributed by atoms with E-state index in [0.717, 1.165) is 49.0 Å². The van der Waals surface area contributed by atoms with Gasteiger partial charge in [-0.1, -0.05) is 0 Å². The monoisotopic (exact) mass is 368 g/mol. The highest BCUT2D eigenvalue weighted by Gasteiger charge is 2.13. The minimum Gasteiger partial charge on any atom is -0.496 e. The largest absolute Gasteiger partial charge is 0.496 e. The summed E-state index contributed by atoms with van der Waals surface area (Å²) in [7, 11) is 1.66. The Morgan fingerprint density at radius 2 is 1.93 bits per heavy atom. The van der Waals surface area contributed by atoms with E-state index in [0.29, 0.717) is 12.2 Å². The SMILES string of the molecule is CCOC(=O)c1ccc(N=Cc2ccc(N3CCOCC3)cc2OC)cc1. The van der Waals surface area contributed by atoms with Gasteiger partial charge in [0.1, 0.15) is 5.75 Å². The zero-order chi connectivity index (χ0) is 19.1. The van der Waals surface area contributed by atoms with E-state index < -0.39 is 0 Å². The maximum atomic E-state index is 11.7. The van der Waals surface area contributed by atoms with Crippen molar-refractivity contribution in [3.63, 3.8) is 0 Å². The van der Waals surface area contributed by atoms with E-state index in [4.69, 9.17) is 14.2 Å². The maximum Gasteiger partial charge on any atom is 0.338 e. The van der Waals surface area contributed by atoms with E-state index in [-0.39, 0.29) is 5.97 Å².